The summed E-state index contributed by atoms with van der Waals surface area (Å²) in [5.74, 6) is -0.133. The molecule has 0 bridgehead atoms. The average Bonchev–Trinajstić information content (AvgIpc) is 3.26. The molecule has 0 spiro atoms. The van der Waals surface area contributed by atoms with Crippen molar-refractivity contribution < 1.29 is 4.79 Å². The van der Waals surface area contributed by atoms with Crippen molar-refractivity contribution in [1.29, 1.82) is 0 Å². The van der Waals surface area contributed by atoms with Crippen molar-refractivity contribution in [3.8, 4) is 11.3 Å². The summed E-state index contributed by atoms with van der Waals surface area (Å²) < 4.78 is 2.02. The van der Waals surface area contributed by atoms with Crippen molar-refractivity contribution in [2.75, 3.05) is 6.54 Å². The van der Waals surface area contributed by atoms with Gasteiger partial charge in [0, 0.05) is 35.9 Å². The fourth-order valence-corrected chi connectivity index (χ4v) is 2.81. The third-order valence-corrected chi connectivity index (χ3v) is 4.20. The fourth-order valence-electron chi connectivity index (χ4n) is 2.17. The molecule has 0 unspecified atom stereocenters. The highest BCUT2D eigenvalue weighted by atomic mass is 32.1. The summed E-state index contributed by atoms with van der Waals surface area (Å²) in [6.45, 7) is 2.70. The summed E-state index contributed by atoms with van der Waals surface area (Å²) in [5.41, 5.74) is 2.30. The Morgan fingerprint density at radius 1 is 1.55 bits per heavy atom. The highest BCUT2D eigenvalue weighted by Gasteiger charge is 2.11. The highest BCUT2D eigenvalue weighted by Crippen LogP contribution is 2.20. The first-order valence-electron chi connectivity index (χ1n) is 7.07. The third kappa shape index (κ3) is 3.25. The van der Waals surface area contributed by atoms with Crippen molar-refractivity contribution in [2.45, 2.75) is 19.4 Å². The minimum atomic E-state index is -0.133. The standard InChI is InChI=1S/C15H17N5OS/c1-11(20-6-5-16-10-20)2-4-17-15(21)14-8-13(18-19-14)12-3-7-22-9-12/h3,5-11H,2,4H2,1H3,(H,17,21)(H,18,19)/t11-/m1/s1. The van der Waals surface area contributed by atoms with Gasteiger partial charge < -0.3 is 9.88 Å². The topological polar surface area (TPSA) is 75.6 Å². The van der Waals surface area contributed by atoms with Crippen molar-refractivity contribution in [3.05, 3.63) is 47.3 Å². The smallest absolute Gasteiger partial charge is 0.269 e. The molecule has 0 fully saturated rings. The van der Waals surface area contributed by atoms with Crippen LogP contribution in [0.3, 0.4) is 0 Å². The van der Waals surface area contributed by atoms with Crippen molar-refractivity contribution >= 4 is 17.2 Å². The molecule has 0 aliphatic rings. The second-order valence-corrected chi connectivity index (χ2v) is 5.86. The van der Waals surface area contributed by atoms with E-state index in [-0.39, 0.29) is 5.91 Å². The van der Waals surface area contributed by atoms with Crippen LogP contribution in [0, 0.1) is 0 Å². The molecule has 0 aliphatic heterocycles. The lowest BCUT2D eigenvalue weighted by molar-refractivity contribution is 0.0947. The zero-order chi connectivity index (χ0) is 15.4. The number of aromatic nitrogens is 4. The minimum absolute atomic E-state index is 0.133. The maximum atomic E-state index is 12.1. The number of imidazole rings is 1. The molecular formula is C15H17N5OS. The van der Waals surface area contributed by atoms with Gasteiger partial charge in [-0.1, -0.05) is 0 Å². The van der Waals surface area contributed by atoms with Gasteiger partial charge in [-0.3, -0.25) is 9.89 Å². The Bertz CT molecular complexity index is 717. The van der Waals surface area contributed by atoms with Crippen LogP contribution in [0.1, 0.15) is 29.9 Å². The molecule has 7 heteroatoms. The van der Waals surface area contributed by atoms with Crippen LogP contribution in [0.2, 0.25) is 0 Å². The molecule has 3 rings (SSSR count). The van der Waals surface area contributed by atoms with Gasteiger partial charge in [-0.15, -0.1) is 0 Å². The van der Waals surface area contributed by atoms with Gasteiger partial charge in [-0.05, 0) is 30.9 Å². The quantitative estimate of drug-likeness (QED) is 0.734. The van der Waals surface area contributed by atoms with E-state index in [9.17, 15) is 4.79 Å². The van der Waals surface area contributed by atoms with Crippen molar-refractivity contribution in [1.82, 2.24) is 25.1 Å². The SMILES string of the molecule is C[C@H](CCNC(=O)c1cc(-c2ccsc2)n[nH]1)n1ccnc1. The minimum Gasteiger partial charge on any atom is -0.351 e. The average molecular weight is 315 g/mol. The van der Waals surface area contributed by atoms with Gasteiger partial charge in [0.25, 0.3) is 5.91 Å². The summed E-state index contributed by atoms with van der Waals surface area (Å²) in [5, 5.41) is 13.9. The summed E-state index contributed by atoms with van der Waals surface area (Å²) in [7, 11) is 0. The van der Waals surface area contributed by atoms with E-state index in [1.54, 1.807) is 29.9 Å². The molecule has 3 heterocycles. The number of hydrogen-bond donors (Lipinski definition) is 2. The summed E-state index contributed by atoms with van der Waals surface area (Å²) in [4.78, 5) is 16.1. The Balaban J connectivity index is 1.52. The number of rotatable bonds is 6. The monoisotopic (exact) mass is 315 g/mol. The molecule has 1 amide bonds. The molecule has 114 valence electrons. The maximum Gasteiger partial charge on any atom is 0.269 e. The Morgan fingerprint density at radius 3 is 3.18 bits per heavy atom. The van der Waals surface area contributed by atoms with Gasteiger partial charge in [0.1, 0.15) is 5.69 Å². The normalized spacial score (nSPS) is 12.2. The number of amides is 1. The van der Waals surface area contributed by atoms with Crippen LogP contribution in [0.5, 0.6) is 0 Å². The third-order valence-electron chi connectivity index (χ3n) is 3.52. The van der Waals surface area contributed by atoms with E-state index in [0.717, 1.165) is 17.7 Å². The molecular weight excluding hydrogens is 298 g/mol. The summed E-state index contributed by atoms with van der Waals surface area (Å²) >= 11 is 1.61. The van der Waals surface area contributed by atoms with Crippen LogP contribution in [0.15, 0.2) is 41.6 Å². The molecule has 0 aromatic carbocycles. The van der Waals surface area contributed by atoms with Gasteiger partial charge in [0.2, 0.25) is 0 Å². The van der Waals surface area contributed by atoms with E-state index in [1.165, 1.54) is 0 Å². The molecule has 1 atom stereocenters. The maximum absolute atomic E-state index is 12.1. The molecule has 2 N–H and O–H groups in total. The number of aromatic amines is 1. The van der Waals surface area contributed by atoms with Gasteiger partial charge in [0.05, 0.1) is 12.0 Å². The number of nitrogens with zero attached hydrogens (tertiary/aromatic N) is 3. The van der Waals surface area contributed by atoms with Gasteiger partial charge >= 0.3 is 0 Å². The number of thiophene rings is 1. The lowest BCUT2D eigenvalue weighted by Crippen LogP contribution is -2.26. The molecule has 0 radical (unpaired) electrons. The molecule has 0 saturated heterocycles. The summed E-state index contributed by atoms with van der Waals surface area (Å²) in [6, 6.07) is 4.05. The first-order chi connectivity index (χ1) is 10.7. The molecule has 0 saturated carbocycles. The van der Waals surface area contributed by atoms with Crippen LogP contribution >= 0.6 is 11.3 Å². The van der Waals surface area contributed by atoms with E-state index in [1.807, 2.05) is 27.6 Å². The number of hydrogen-bond acceptors (Lipinski definition) is 4. The van der Waals surface area contributed by atoms with E-state index in [4.69, 9.17) is 0 Å². The van der Waals surface area contributed by atoms with Crippen molar-refractivity contribution in [3.63, 3.8) is 0 Å². The van der Waals surface area contributed by atoms with Crippen LogP contribution in [0.4, 0.5) is 0 Å². The first-order valence-corrected chi connectivity index (χ1v) is 8.02. The Morgan fingerprint density at radius 2 is 2.45 bits per heavy atom. The van der Waals surface area contributed by atoms with E-state index in [2.05, 4.69) is 27.4 Å². The van der Waals surface area contributed by atoms with Crippen LogP contribution < -0.4 is 5.32 Å². The second kappa shape index (κ2) is 6.57. The van der Waals surface area contributed by atoms with Gasteiger partial charge in [-0.25, -0.2) is 4.98 Å². The molecule has 6 nitrogen and oxygen atoms in total. The predicted molar refractivity (Wildman–Crippen MR) is 85.8 cm³/mol. The molecule has 22 heavy (non-hydrogen) atoms. The van der Waals surface area contributed by atoms with Crippen molar-refractivity contribution in [2.24, 2.45) is 0 Å². The zero-order valence-electron chi connectivity index (χ0n) is 12.2. The number of carbonyl (C=O) groups is 1. The van der Waals surface area contributed by atoms with E-state index >= 15 is 0 Å². The lowest BCUT2D eigenvalue weighted by Gasteiger charge is -2.12. The molecule has 3 aromatic rings. The second-order valence-electron chi connectivity index (χ2n) is 5.08. The zero-order valence-corrected chi connectivity index (χ0v) is 13.0. The van der Waals surface area contributed by atoms with Crippen LogP contribution in [-0.2, 0) is 0 Å². The number of nitrogens with one attached hydrogen (secondary N) is 2. The number of H-pyrrole nitrogens is 1. The predicted octanol–water partition coefficient (Wildman–Crippen LogP) is 2.72. The largest absolute Gasteiger partial charge is 0.351 e. The Kier molecular flexibility index (Phi) is 4.34. The lowest BCUT2D eigenvalue weighted by atomic mass is 10.2. The van der Waals surface area contributed by atoms with Gasteiger partial charge in [0.15, 0.2) is 0 Å². The van der Waals surface area contributed by atoms with Gasteiger partial charge in [-0.2, -0.15) is 16.4 Å². The molecule has 0 aliphatic carbocycles. The van der Waals surface area contributed by atoms with Crippen LogP contribution in [0.25, 0.3) is 11.3 Å². The molecule has 3 aromatic heterocycles. The first kappa shape index (κ1) is 14.5. The Hall–Kier alpha value is -2.41. The highest BCUT2D eigenvalue weighted by molar-refractivity contribution is 7.08. The van der Waals surface area contributed by atoms with E-state index < -0.39 is 0 Å². The fraction of sp³-hybridized carbons (Fsp3) is 0.267. The Labute approximate surface area is 132 Å². The number of carbonyl (C=O) groups excluding carboxylic acids is 1. The van der Waals surface area contributed by atoms with Crippen LogP contribution in [-0.4, -0.2) is 32.2 Å². The van der Waals surface area contributed by atoms with E-state index in [0.29, 0.717) is 18.3 Å². The summed E-state index contributed by atoms with van der Waals surface area (Å²) in [6.07, 6.45) is 6.31.